The fourth-order valence-corrected chi connectivity index (χ4v) is 1.91. The van der Waals surface area contributed by atoms with Crippen LogP contribution in [-0.2, 0) is 0 Å². The molecule has 0 aliphatic carbocycles. The maximum absolute atomic E-state index is 3.20. The van der Waals surface area contributed by atoms with E-state index in [0.717, 1.165) is 6.54 Å². The van der Waals surface area contributed by atoms with Crippen LogP contribution >= 0.6 is 0 Å². The number of rotatable bonds is 3. The maximum Gasteiger partial charge on any atom is 0.0126 e. The first-order valence-electron chi connectivity index (χ1n) is 5.66. The van der Waals surface area contributed by atoms with Gasteiger partial charge in [-0.2, -0.15) is 0 Å². The molecule has 0 saturated carbocycles. The molecule has 0 atom stereocenters. The number of hydrogen-bond acceptors (Lipinski definition) is 3. The van der Waals surface area contributed by atoms with Gasteiger partial charge in [-0.05, 0) is 27.8 Å². The van der Waals surface area contributed by atoms with E-state index in [1.807, 2.05) is 7.05 Å². The molecule has 1 rings (SSSR count). The molecule has 1 aliphatic heterocycles. The Kier molecular flexibility index (Phi) is 4.35. The van der Waals surface area contributed by atoms with Gasteiger partial charge in [0.15, 0.2) is 0 Å². The first-order chi connectivity index (χ1) is 6.54. The average Bonchev–Trinajstić information content (AvgIpc) is 2.14. The first-order valence-corrected chi connectivity index (χ1v) is 5.66. The lowest BCUT2D eigenvalue weighted by molar-refractivity contribution is 0.0630. The highest BCUT2D eigenvalue weighted by atomic mass is 15.3. The van der Waals surface area contributed by atoms with Gasteiger partial charge in [0.25, 0.3) is 0 Å². The molecule has 14 heavy (non-hydrogen) atoms. The molecule has 0 radical (unpaired) electrons. The van der Waals surface area contributed by atoms with Crippen molar-refractivity contribution in [2.75, 3.05) is 46.3 Å². The molecule has 0 unspecified atom stereocenters. The fraction of sp³-hybridized carbons (Fsp3) is 1.00. The van der Waals surface area contributed by atoms with Crippen molar-refractivity contribution in [2.24, 2.45) is 0 Å². The van der Waals surface area contributed by atoms with Crippen LogP contribution in [0.2, 0.25) is 0 Å². The largest absolute Gasteiger partial charge is 0.318 e. The Hall–Kier alpha value is -0.120. The molecule has 1 heterocycles. The van der Waals surface area contributed by atoms with Crippen LogP contribution in [0.5, 0.6) is 0 Å². The van der Waals surface area contributed by atoms with Gasteiger partial charge in [0.1, 0.15) is 0 Å². The van der Waals surface area contributed by atoms with Gasteiger partial charge in [-0.25, -0.2) is 0 Å². The van der Waals surface area contributed by atoms with Crippen LogP contribution in [0.3, 0.4) is 0 Å². The van der Waals surface area contributed by atoms with Gasteiger partial charge in [0.2, 0.25) is 0 Å². The van der Waals surface area contributed by atoms with Crippen molar-refractivity contribution in [1.82, 2.24) is 15.1 Å². The van der Waals surface area contributed by atoms with Crippen molar-refractivity contribution in [3.8, 4) is 0 Å². The number of nitrogens with one attached hydrogen (secondary N) is 1. The van der Waals surface area contributed by atoms with E-state index < -0.39 is 0 Å². The van der Waals surface area contributed by atoms with Crippen molar-refractivity contribution < 1.29 is 0 Å². The summed E-state index contributed by atoms with van der Waals surface area (Å²) in [6, 6.07) is 0. The lowest BCUT2D eigenvalue weighted by Crippen LogP contribution is -2.54. The monoisotopic (exact) mass is 199 g/mol. The van der Waals surface area contributed by atoms with Gasteiger partial charge in [-0.1, -0.05) is 0 Å². The summed E-state index contributed by atoms with van der Waals surface area (Å²) in [7, 11) is 2.02. The van der Waals surface area contributed by atoms with Gasteiger partial charge in [-0.15, -0.1) is 0 Å². The highest BCUT2D eigenvalue weighted by Gasteiger charge is 2.25. The summed E-state index contributed by atoms with van der Waals surface area (Å²) in [5.41, 5.74) is 0.342. The third kappa shape index (κ3) is 3.56. The summed E-state index contributed by atoms with van der Waals surface area (Å²) >= 11 is 0. The molecule has 0 aromatic carbocycles. The molecule has 0 bridgehead atoms. The molecule has 3 heteroatoms. The molecule has 1 aliphatic rings. The van der Waals surface area contributed by atoms with Crippen LogP contribution in [-0.4, -0.2) is 61.7 Å². The Bertz CT molecular complexity index is 154. The molecular weight excluding hydrogens is 174 g/mol. The van der Waals surface area contributed by atoms with E-state index in [1.165, 1.54) is 32.7 Å². The highest BCUT2D eigenvalue weighted by molar-refractivity contribution is 4.81. The zero-order chi connectivity index (χ0) is 10.6. The molecule has 0 aromatic heterocycles. The van der Waals surface area contributed by atoms with Crippen molar-refractivity contribution in [1.29, 1.82) is 0 Å². The summed E-state index contributed by atoms with van der Waals surface area (Å²) in [6.07, 6.45) is 0. The molecule has 1 N–H and O–H groups in total. The zero-order valence-corrected chi connectivity index (χ0v) is 10.1. The van der Waals surface area contributed by atoms with E-state index >= 15 is 0 Å². The van der Waals surface area contributed by atoms with Gasteiger partial charge >= 0.3 is 0 Å². The Morgan fingerprint density at radius 2 is 1.64 bits per heavy atom. The van der Waals surface area contributed by atoms with Crippen molar-refractivity contribution in [3.05, 3.63) is 0 Å². The van der Waals surface area contributed by atoms with Gasteiger partial charge in [0, 0.05) is 44.8 Å². The molecule has 3 nitrogen and oxygen atoms in total. The van der Waals surface area contributed by atoms with E-state index in [4.69, 9.17) is 0 Å². The smallest absolute Gasteiger partial charge is 0.0126 e. The molecule has 1 fully saturated rings. The predicted molar refractivity (Wildman–Crippen MR) is 61.7 cm³/mol. The number of likely N-dealkylation sites (N-methyl/N-ethyl adjacent to an activating group) is 1. The van der Waals surface area contributed by atoms with Gasteiger partial charge in [-0.3, -0.25) is 9.80 Å². The van der Waals surface area contributed by atoms with E-state index in [2.05, 4.69) is 35.9 Å². The molecular formula is C11H25N3. The number of piperazine rings is 1. The van der Waals surface area contributed by atoms with E-state index in [9.17, 15) is 0 Å². The minimum absolute atomic E-state index is 0.342. The molecule has 0 aromatic rings. The second kappa shape index (κ2) is 5.10. The molecule has 0 spiro atoms. The molecule has 0 amide bonds. The Morgan fingerprint density at radius 3 is 2.07 bits per heavy atom. The predicted octanol–water partition coefficient (Wildman–Crippen LogP) is 0.622. The first kappa shape index (κ1) is 12.0. The summed E-state index contributed by atoms with van der Waals surface area (Å²) in [6.45, 7) is 14.1. The Morgan fingerprint density at radius 1 is 1.07 bits per heavy atom. The zero-order valence-electron chi connectivity index (χ0n) is 10.1. The van der Waals surface area contributed by atoms with E-state index in [0.29, 0.717) is 5.54 Å². The maximum atomic E-state index is 3.20. The van der Waals surface area contributed by atoms with Crippen LogP contribution in [0.1, 0.15) is 20.8 Å². The van der Waals surface area contributed by atoms with Crippen LogP contribution in [0, 0.1) is 0 Å². The van der Waals surface area contributed by atoms with Crippen LogP contribution in [0.25, 0.3) is 0 Å². The van der Waals surface area contributed by atoms with Crippen molar-refractivity contribution in [3.63, 3.8) is 0 Å². The average molecular weight is 199 g/mol. The standard InChI is InChI=1S/C11H25N3/c1-11(2,3)14-9-7-13(8-10-14)6-5-12-4/h12H,5-10H2,1-4H3. The highest BCUT2D eigenvalue weighted by Crippen LogP contribution is 2.15. The van der Waals surface area contributed by atoms with E-state index in [1.54, 1.807) is 0 Å². The minimum Gasteiger partial charge on any atom is -0.318 e. The quantitative estimate of drug-likeness (QED) is 0.719. The summed E-state index contributed by atoms with van der Waals surface area (Å²) in [5.74, 6) is 0. The number of hydrogen-bond donors (Lipinski definition) is 1. The SMILES string of the molecule is CNCCN1CCN(C(C)(C)C)CC1. The molecule has 1 saturated heterocycles. The fourth-order valence-electron chi connectivity index (χ4n) is 1.91. The lowest BCUT2D eigenvalue weighted by Gasteiger charge is -2.42. The van der Waals surface area contributed by atoms with Crippen LogP contribution in [0.15, 0.2) is 0 Å². The topological polar surface area (TPSA) is 18.5 Å². The van der Waals surface area contributed by atoms with Crippen molar-refractivity contribution >= 4 is 0 Å². The minimum atomic E-state index is 0.342. The Balaban J connectivity index is 2.24. The van der Waals surface area contributed by atoms with Crippen LogP contribution < -0.4 is 5.32 Å². The van der Waals surface area contributed by atoms with Gasteiger partial charge < -0.3 is 5.32 Å². The lowest BCUT2D eigenvalue weighted by atomic mass is 10.1. The summed E-state index contributed by atoms with van der Waals surface area (Å²) < 4.78 is 0. The molecule has 84 valence electrons. The third-order valence-electron chi connectivity index (χ3n) is 3.00. The second-order valence-corrected chi connectivity index (χ2v) is 5.10. The second-order valence-electron chi connectivity index (χ2n) is 5.10. The van der Waals surface area contributed by atoms with Crippen molar-refractivity contribution in [2.45, 2.75) is 26.3 Å². The number of nitrogens with zero attached hydrogens (tertiary/aromatic N) is 2. The Labute approximate surface area is 88.5 Å². The summed E-state index contributed by atoms with van der Waals surface area (Å²) in [4.78, 5) is 5.11. The van der Waals surface area contributed by atoms with Crippen LogP contribution in [0.4, 0.5) is 0 Å². The summed E-state index contributed by atoms with van der Waals surface area (Å²) in [5, 5.41) is 3.20. The normalized spacial score (nSPS) is 21.4. The third-order valence-corrected chi connectivity index (χ3v) is 3.00. The van der Waals surface area contributed by atoms with E-state index in [-0.39, 0.29) is 0 Å². The van der Waals surface area contributed by atoms with Gasteiger partial charge in [0.05, 0.1) is 0 Å².